The molecule has 35 heavy (non-hydrogen) atoms. The van der Waals surface area contributed by atoms with Gasteiger partial charge in [-0.1, -0.05) is 22.0 Å². The summed E-state index contributed by atoms with van der Waals surface area (Å²) in [5, 5.41) is 9.73. The van der Waals surface area contributed by atoms with Crippen molar-refractivity contribution >= 4 is 37.5 Å². The number of pyridine rings is 1. The molecule has 2 aromatic heterocycles. The van der Waals surface area contributed by atoms with Crippen molar-refractivity contribution in [3.05, 3.63) is 97.7 Å². The summed E-state index contributed by atoms with van der Waals surface area (Å²) in [5.41, 5.74) is 0.289. The minimum Gasteiger partial charge on any atom is -0.497 e. The smallest absolute Gasteiger partial charge is 0.269 e. The first kappa shape index (κ1) is 24.2. The molecule has 4 aromatic rings. The molecule has 0 radical (unpaired) electrons. The minimum absolute atomic E-state index is 0.0872. The van der Waals surface area contributed by atoms with E-state index in [1.807, 2.05) is 0 Å². The number of hydrogen-bond donors (Lipinski definition) is 0. The maximum absolute atomic E-state index is 13.4. The third-order valence-corrected chi connectivity index (χ3v) is 7.33. The van der Waals surface area contributed by atoms with Gasteiger partial charge in [0.25, 0.3) is 5.56 Å². The van der Waals surface area contributed by atoms with E-state index in [9.17, 15) is 18.5 Å². The van der Waals surface area contributed by atoms with E-state index in [-0.39, 0.29) is 16.3 Å². The molecular formula is C25H18BrN3O5S. The highest BCUT2D eigenvalue weighted by molar-refractivity contribution is 9.10. The number of benzene rings is 2. The van der Waals surface area contributed by atoms with E-state index in [1.54, 1.807) is 61.5 Å². The number of methoxy groups -OCH3 is 1. The Labute approximate surface area is 209 Å². The van der Waals surface area contributed by atoms with Crippen molar-refractivity contribution in [2.24, 2.45) is 0 Å². The van der Waals surface area contributed by atoms with Crippen LogP contribution >= 0.6 is 15.9 Å². The van der Waals surface area contributed by atoms with E-state index in [1.165, 1.54) is 29.8 Å². The first-order chi connectivity index (χ1) is 16.7. The Morgan fingerprint density at radius 2 is 1.74 bits per heavy atom. The topological polar surface area (TPSA) is 111 Å². The highest BCUT2D eigenvalue weighted by Crippen LogP contribution is 2.28. The number of aryl methyl sites for hydroxylation is 1. The normalized spacial score (nSPS) is 11.8. The Hall–Kier alpha value is -3.94. The molecule has 4 rings (SSSR count). The summed E-state index contributed by atoms with van der Waals surface area (Å²) in [5.74, 6) is 0.819. The van der Waals surface area contributed by atoms with Gasteiger partial charge in [-0.15, -0.1) is 0 Å². The fourth-order valence-corrected chi connectivity index (χ4v) is 4.70. The summed E-state index contributed by atoms with van der Waals surface area (Å²) in [7, 11) is -2.68. The number of halogens is 1. The Morgan fingerprint density at radius 3 is 2.37 bits per heavy atom. The van der Waals surface area contributed by atoms with Crippen molar-refractivity contribution in [1.82, 2.24) is 9.38 Å². The van der Waals surface area contributed by atoms with Crippen LogP contribution in [0.3, 0.4) is 0 Å². The molecule has 0 amide bonds. The van der Waals surface area contributed by atoms with Gasteiger partial charge in [-0.2, -0.15) is 10.2 Å². The van der Waals surface area contributed by atoms with E-state index >= 15 is 0 Å². The van der Waals surface area contributed by atoms with Crippen molar-refractivity contribution < 1.29 is 17.9 Å². The first-order valence-corrected chi connectivity index (χ1v) is 12.5. The van der Waals surface area contributed by atoms with Crippen molar-refractivity contribution in [2.75, 3.05) is 7.11 Å². The van der Waals surface area contributed by atoms with Gasteiger partial charge in [0.15, 0.2) is 0 Å². The Balaban J connectivity index is 1.93. The number of nitrogens with zero attached hydrogens (tertiary/aromatic N) is 3. The summed E-state index contributed by atoms with van der Waals surface area (Å²) in [4.78, 5) is 17.2. The molecule has 0 bridgehead atoms. The molecule has 0 spiro atoms. The van der Waals surface area contributed by atoms with Gasteiger partial charge >= 0.3 is 0 Å². The monoisotopic (exact) mass is 551 g/mol. The van der Waals surface area contributed by atoms with Crippen LogP contribution in [0.1, 0.15) is 11.1 Å². The van der Waals surface area contributed by atoms with Crippen molar-refractivity contribution in [2.45, 2.75) is 11.8 Å². The van der Waals surface area contributed by atoms with Crippen LogP contribution in [0.5, 0.6) is 17.4 Å². The molecule has 0 saturated carbocycles. The Kier molecular flexibility index (Phi) is 6.73. The van der Waals surface area contributed by atoms with Crippen LogP contribution in [0.25, 0.3) is 11.7 Å². The van der Waals surface area contributed by atoms with Gasteiger partial charge in [0, 0.05) is 10.7 Å². The number of hydrogen-bond acceptors (Lipinski definition) is 7. The lowest BCUT2D eigenvalue weighted by Gasteiger charge is -2.12. The third kappa shape index (κ3) is 4.82. The second-order valence-corrected chi connectivity index (χ2v) is 10.2. The summed E-state index contributed by atoms with van der Waals surface area (Å²) in [6.45, 7) is 1.78. The molecular weight excluding hydrogens is 534 g/mol. The van der Waals surface area contributed by atoms with Gasteiger partial charge < -0.3 is 9.47 Å². The maximum Gasteiger partial charge on any atom is 0.269 e. The van der Waals surface area contributed by atoms with Gasteiger partial charge in [0.1, 0.15) is 33.7 Å². The predicted octanol–water partition coefficient (Wildman–Crippen LogP) is 4.90. The number of sulfone groups is 1. The highest BCUT2D eigenvalue weighted by Gasteiger charge is 2.24. The molecule has 0 saturated heterocycles. The molecule has 2 aromatic carbocycles. The van der Waals surface area contributed by atoms with Crippen LogP contribution in [0.4, 0.5) is 0 Å². The Morgan fingerprint density at radius 1 is 1.09 bits per heavy atom. The van der Waals surface area contributed by atoms with Crippen LogP contribution in [-0.2, 0) is 9.84 Å². The summed E-state index contributed by atoms with van der Waals surface area (Å²) >= 11 is 3.26. The number of aromatic nitrogens is 2. The fourth-order valence-electron chi connectivity index (χ4n) is 3.29. The van der Waals surface area contributed by atoms with Crippen LogP contribution in [0.2, 0.25) is 0 Å². The molecule has 8 nitrogen and oxygen atoms in total. The van der Waals surface area contributed by atoms with Crippen molar-refractivity contribution in [1.29, 1.82) is 5.26 Å². The molecule has 0 aliphatic heterocycles. The van der Waals surface area contributed by atoms with E-state index in [0.29, 0.717) is 27.2 Å². The van der Waals surface area contributed by atoms with Gasteiger partial charge in [0.05, 0.1) is 12.0 Å². The molecule has 0 unspecified atom stereocenters. The number of rotatable bonds is 6. The second kappa shape index (κ2) is 9.74. The SMILES string of the molecule is COc1ccc(Oc2nc3c(C)cccn3c(=O)c2/C=C(\C#N)S(=O)(=O)c2ccc(Br)cc2)cc1. The van der Waals surface area contributed by atoms with Gasteiger partial charge in [0.2, 0.25) is 15.7 Å². The number of nitriles is 1. The van der Waals surface area contributed by atoms with Gasteiger partial charge in [-0.05, 0) is 73.2 Å². The highest BCUT2D eigenvalue weighted by atomic mass is 79.9. The van der Waals surface area contributed by atoms with E-state index in [4.69, 9.17) is 9.47 Å². The molecule has 0 aliphatic carbocycles. The standard InChI is InChI=1S/C25H18BrN3O5S/c1-16-4-3-13-29-23(16)28-24(34-19-9-7-18(33-2)8-10-19)22(25(29)30)14-21(15-27)35(31,32)20-11-5-17(26)6-12-20/h3-14H,1-2H3/b21-14+. The number of fused-ring (bicyclic) bond motifs is 1. The molecule has 0 atom stereocenters. The number of allylic oxidation sites excluding steroid dienone is 1. The number of ether oxygens (including phenoxy) is 2. The molecule has 2 heterocycles. The lowest BCUT2D eigenvalue weighted by molar-refractivity contribution is 0.412. The van der Waals surface area contributed by atoms with E-state index in [0.717, 1.165) is 6.08 Å². The zero-order valence-corrected chi connectivity index (χ0v) is 21.0. The average molecular weight is 552 g/mol. The zero-order valence-electron chi connectivity index (χ0n) is 18.6. The zero-order chi connectivity index (χ0) is 25.2. The average Bonchev–Trinajstić information content (AvgIpc) is 2.85. The molecule has 176 valence electrons. The summed E-state index contributed by atoms with van der Waals surface area (Å²) in [6, 6.07) is 17.6. The summed E-state index contributed by atoms with van der Waals surface area (Å²) in [6.07, 6.45) is 2.52. The van der Waals surface area contributed by atoms with Crippen LogP contribution in [0.15, 0.2) is 85.9 Å². The molecule has 0 N–H and O–H groups in total. The largest absolute Gasteiger partial charge is 0.497 e. The van der Waals surface area contributed by atoms with E-state index in [2.05, 4.69) is 20.9 Å². The maximum atomic E-state index is 13.4. The van der Waals surface area contributed by atoms with Gasteiger partial charge in [-0.25, -0.2) is 8.42 Å². The second-order valence-electron chi connectivity index (χ2n) is 7.38. The fraction of sp³-hybridized carbons (Fsp3) is 0.0800. The lowest BCUT2D eigenvalue weighted by Crippen LogP contribution is -2.20. The van der Waals surface area contributed by atoms with Crippen LogP contribution < -0.4 is 15.0 Å². The first-order valence-electron chi connectivity index (χ1n) is 10.2. The lowest BCUT2D eigenvalue weighted by atomic mass is 10.2. The van der Waals surface area contributed by atoms with Crippen LogP contribution in [-0.4, -0.2) is 24.9 Å². The molecule has 0 aliphatic rings. The van der Waals surface area contributed by atoms with Crippen molar-refractivity contribution in [3.63, 3.8) is 0 Å². The minimum atomic E-state index is -4.21. The summed E-state index contributed by atoms with van der Waals surface area (Å²) < 4.78 is 39.3. The molecule has 0 fully saturated rings. The third-order valence-electron chi connectivity index (χ3n) is 5.12. The van der Waals surface area contributed by atoms with E-state index < -0.39 is 20.3 Å². The predicted molar refractivity (Wildman–Crippen MR) is 134 cm³/mol. The van der Waals surface area contributed by atoms with Gasteiger partial charge in [-0.3, -0.25) is 9.20 Å². The Bertz CT molecular complexity index is 1650. The quantitative estimate of drug-likeness (QED) is 0.313. The van der Waals surface area contributed by atoms with Crippen LogP contribution in [0, 0.1) is 18.3 Å². The van der Waals surface area contributed by atoms with Crippen molar-refractivity contribution in [3.8, 4) is 23.4 Å². The molecule has 10 heteroatoms.